The lowest BCUT2D eigenvalue weighted by Gasteiger charge is -2.24. The number of aliphatic imine (C=N–C) groups is 1. The summed E-state index contributed by atoms with van der Waals surface area (Å²) in [5, 5.41) is 23.4. The number of allylic oxidation sites excluding steroid dienone is 1. The van der Waals surface area contributed by atoms with Gasteiger partial charge >= 0.3 is 5.97 Å². The zero-order valence-corrected chi connectivity index (χ0v) is 19.4. The molecule has 2 aromatic heterocycles. The number of nitrogens with one attached hydrogen (secondary N) is 2. The second-order valence-corrected chi connectivity index (χ2v) is 8.70. The monoisotopic (exact) mass is 487 g/mol. The Labute approximate surface area is 206 Å². The third-order valence-electron chi connectivity index (χ3n) is 6.33. The van der Waals surface area contributed by atoms with E-state index in [1.54, 1.807) is 4.90 Å². The third-order valence-corrected chi connectivity index (χ3v) is 6.33. The van der Waals surface area contributed by atoms with E-state index in [0.717, 1.165) is 24.2 Å². The highest BCUT2D eigenvalue weighted by Crippen LogP contribution is 2.24. The number of hydrogen-bond acceptors (Lipinski definition) is 9. The van der Waals surface area contributed by atoms with E-state index >= 15 is 0 Å². The van der Waals surface area contributed by atoms with Gasteiger partial charge in [-0.3, -0.25) is 9.79 Å². The second kappa shape index (κ2) is 9.94. The van der Waals surface area contributed by atoms with Crippen molar-refractivity contribution >= 4 is 29.6 Å². The van der Waals surface area contributed by atoms with Crippen LogP contribution in [0.15, 0.2) is 47.3 Å². The molecule has 5 N–H and O–H groups in total. The van der Waals surface area contributed by atoms with Crippen LogP contribution in [-0.4, -0.2) is 72.6 Å². The van der Waals surface area contributed by atoms with Crippen LogP contribution in [-0.2, 0) is 35.4 Å². The Balaban J connectivity index is 1.24. The van der Waals surface area contributed by atoms with E-state index in [1.165, 1.54) is 29.7 Å². The quantitative estimate of drug-likeness (QED) is 0.274. The number of aromatic nitrogens is 5. The smallest absolute Gasteiger partial charge is 0.352 e. The normalized spacial score (nSPS) is 15.9. The Morgan fingerprint density at radius 2 is 1.86 bits per heavy atom. The van der Waals surface area contributed by atoms with Crippen molar-refractivity contribution in [1.29, 1.82) is 0 Å². The molecule has 0 bridgehead atoms. The highest BCUT2D eigenvalue weighted by Gasteiger charge is 2.24. The molecule has 0 fully saturated rings. The van der Waals surface area contributed by atoms with Crippen molar-refractivity contribution in [3.05, 3.63) is 70.4 Å². The number of rotatable bonds is 7. The van der Waals surface area contributed by atoms with Crippen molar-refractivity contribution in [2.75, 3.05) is 18.4 Å². The summed E-state index contributed by atoms with van der Waals surface area (Å²) in [6.45, 7) is 0.711. The molecule has 5 rings (SSSR count). The first-order chi connectivity index (χ1) is 17.5. The average molecular weight is 488 g/mol. The van der Waals surface area contributed by atoms with Gasteiger partial charge in [-0.1, -0.05) is 24.3 Å². The predicted octanol–water partition coefficient (Wildman–Crippen LogP) is 0.584. The Kier molecular flexibility index (Phi) is 6.39. The summed E-state index contributed by atoms with van der Waals surface area (Å²) < 4.78 is 0. The summed E-state index contributed by atoms with van der Waals surface area (Å²) in [7, 11) is 0. The maximum absolute atomic E-state index is 12.6. The lowest BCUT2D eigenvalue weighted by atomic mass is 10.1. The van der Waals surface area contributed by atoms with Gasteiger partial charge in [-0.05, 0) is 24.0 Å². The zero-order valence-electron chi connectivity index (χ0n) is 19.4. The number of fused-ring (bicyclic) bond motifs is 2. The van der Waals surface area contributed by atoms with E-state index in [0.29, 0.717) is 31.0 Å². The SMILES string of the molecule is NC(C(=O)O)=C(C=NCC(=O)N1CCc2n[nH]nc2C1)c1cnc(NC2Cc3ccccc3C2)nc1. The van der Waals surface area contributed by atoms with Crippen LogP contribution in [0.25, 0.3) is 5.57 Å². The minimum absolute atomic E-state index is 0.132. The lowest BCUT2D eigenvalue weighted by Crippen LogP contribution is -2.37. The van der Waals surface area contributed by atoms with Gasteiger partial charge in [0.25, 0.3) is 0 Å². The molecule has 3 aromatic rings. The number of anilines is 1. The standard InChI is InChI=1S/C24H25N9O3/c25-22(23(35)36)18(11-26-12-21(34)33-6-5-19-20(13-33)31-32-30-19)16-9-27-24(28-10-16)29-17-7-14-3-1-2-4-15(14)8-17/h1-4,9-11,17H,5-8,12-13,25H2,(H,35,36)(H,27,28,29)(H,30,31,32). The number of H-pyrrole nitrogens is 1. The van der Waals surface area contributed by atoms with Gasteiger partial charge in [-0.2, -0.15) is 15.4 Å². The molecule has 1 aliphatic heterocycles. The van der Waals surface area contributed by atoms with Gasteiger partial charge < -0.3 is 21.1 Å². The first-order valence-corrected chi connectivity index (χ1v) is 11.5. The van der Waals surface area contributed by atoms with E-state index < -0.39 is 11.7 Å². The van der Waals surface area contributed by atoms with Gasteiger partial charge in [0, 0.05) is 48.8 Å². The maximum Gasteiger partial charge on any atom is 0.352 e. The molecule has 3 heterocycles. The van der Waals surface area contributed by atoms with Crippen molar-refractivity contribution in [3.63, 3.8) is 0 Å². The van der Waals surface area contributed by atoms with E-state index in [9.17, 15) is 14.7 Å². The number of carboxylic acids is 1. The van der Waals surface area contributed by atoms with Crippen LogP contribution in [0.5, 0.6) is 0 Å². The highest BCUT2D eigenvalue weighted by atomic mass is 16.4. The number of aliphatic carboxylic acids is 1. The molecule has 184 valence electrons. The number of carbonyl (C=O) groups excluding carboxylic acids is 1. The van der Waals surface area contributed by atoms with Gasteiger partial charge in [-0.15, -0.1) is 0 Å². The summed E-state index contributed by atoms with van der Waals surface area (Å²) in [6, 6.07) is 8.48. The molecule has 2 aliphatic rings. The molecule has 1 amide bonds. The molecule has 12 heteroatoms. The largest absolute Gasteiger partial charge is 0.477 e. The number of nitrogens with two attached hydrogens (primary N) is 1. The number of carbonyl (C=O) groups is 2. The fourth-order valence-corrected chi connectivity index (χ4v) is 4.43. The Bertz CT molecular complexity index is 1320. The van der Waals surface area contributed by atoms with Crippen LogP contribution in [0.2, 0.25) is 0 Å². The lowest BCUT2D eigenvalue weighted by molar-refractivity contribution is -0.132. The minimum atomic E-state index is -1.30. The molecule has 1 aliphatic carbocycles. The van der Waals surface area contributed by atoms with Crippen LogP contribution in [0.4, 0.5) is 5.95 Å². The molecular weight excluding hydrogens is 462 g/mol. The van der Waals surface area contributed by atoms with Crippen molar-refractivity contribution in [2.24, 2.45) is 10.7 Å². The molecule has 1 aromatic carbocycles. The van der Waals surface area contributed by atoms with Crippen LogP contribution in [0.1, 0.15) is 28.1 Å². The summed E-state index contributed by atoms with van der Waals surface area (Å²) >= 11 is 0. The molecule has 12 nitrogen and oxygen atoms in total. The van der Waals surface area contributed by atoms with Gasteiger partial charge in [0.05, 0.1) is 12.2 Å². The second-order valence-electron chi connectivity index (χ2n) is 8.70. The summed E-state index contributed by atoms with van der Waals surface area (Å²) in [5.41, 5.74) is 10.1. The molecule has 0 saturated heterocycles. The minimum Gasteiger partial charge on any atom is -0.477 e. The summed E-state index contributed by atoms with van der Waals surface area (Å²) in [4.78, 5) is 38.7. The van der Waals surface area contributed by atoms with Crippen LogP contribution in [0.3, 0.4) is 0 Å². The van der Waals surface area contributed by atoms with Crippen LogP contribution in [0, 0.1) is 0 Å². The van der Waals surface area contributed by atoms with Crippen molar-refractivity contribution in [2.45, 2.75) is 31.8 Å². The molecule has 0 unspecified atom stereocenters. The summed E-state index contributed by atoms with van der Waals surface area (Å²) in [5.74, 6) is -1.07. The number of amides is 1. The zero-order chi connectivity index (χ0) is 25.1. The van der Waals surface area contributed by atoms with Gasteiger partial charge in [0.15, 0.2) is 0 Å². The van der Waals surface area contributed by atoms with E-state index in [2.05, 4.69) is 47.8 Å². The molecule has 0 radical (unpaired) electrons. The van der Waals surface area contributed by atoms with E-state index in [1.807, 2.05) is 12.1 Å². The predicted molar refractivity (Wildman–Crippen MR) is 131 cm³/mol. The van der Waals surface area contributed by atoms with Gasteiger partial charge in [0.1, 0.15) is 17.9 Å². The van der Waals surface area contributed by atoms with Crippen molar-refractivity contribution in [1.82, 2.24) is 30.3 Å². The maximum atomic E-state index is 12.6. The number of benzene rings is 1. The average Bonchev–Trinajstić information content (AvgIpc) is 3.52. The number of carboxylic acid groups (broad SMARTS) is 1. The first-order valence-electron chi connectivity index (χ1n) is 11.5. The summed E-state index contributed by atoms with van der Waals surface area (Å²) in [6.07, 6.45) is 6.65. The fourth-order valence-electron chi connectivity index (χ4n) is 4.43. The van der Waals surface area contributed by atoms with Gasteiger partial charge in [-0.25, -0.2) is 14.8 Å². The molecule has 36 heavy (non-hydrogen) atoms. The number of hydrogen-bond donors (Lipinski definition) is 4. The van der Waals surface area contributed by atoms with Crippen molar-refractivity contribution in [3.8, 4) is 0 Å². The van der Waals surface area contributed by atoms with Crippen LogP contribution >= 0.6 is 0 Å². The topological polar surface area (TPSA) is 175 Å². The van der Waals surface area contributed by atoms with E-state index in [-0.39, 0.29) is 24.1 Å². The molecular formula is C24H25N9O3. The van der Waals surface area contributed by atoms with Crippen LogP contribution < -0.4 is 11.1 Å². The highest BCUT2D eigenvalue weighted by molar-refractivity contribution is 6.17. The van der Waals surface area contributed by atoms with Gasteiger partial charge in [0.2, 0.25) is 11.9 Å². The Morgan fingerprint density at radius 3 is 2.56 bits per heavy atom. The molecule has 0 spiro atoms. The third kappa shape index (κ3) is 4.92. The Hall–Kier alpha value is -4.61. The number of nitrogens with zero attached hydrogens (tertiary/aromatic N) is 6. The molecule has 0 atom stereocenters. The first kappa shape index (κ1) is 23.1. The fraction of sp³-hybridized carbons (Fsp3) is 0.292. The van der Waals surface area contributed by atoms with Crippen molar-refractivity contribution < 1.29 is 14.7 Å². The van der Waals surface area contributed by atoms with E-state index in [4.69, 9.17) is 5.73 Å². The molecule has 0 saturated carbocycles. The number of aromatic amines is 1. The Morgan fingerprint density at radius 1 is 1.17 bits per heavy atom.